The lowest BCUT2D eigenvalue weighted by Gasteiger charge is -2.19. The van der Waals surface area contributed by atoms with Gasteiger partial charge in [0.05, 0.1) is 6.26 Å². The van der Waals surface area contributed by atoms with Crippen molar-refractivity contribution in [3.63, 3.8) is 0 Å². The van der Waals surface area contributed by atoms with Crippen molar-refractivity contribution in [1.82, 2.24) is 10.6 Å². The zero-order valence-corrected chi connectivity index (χ0v) is 19.9. The van der Waals surface area contributed by atoms with E-state index in [9.17, 15) is 18.0 Å². The number of anilines is 1. The summed E-state index contributed by atoms with van der Waals surface area (Å²) in [6.07, 6.45) is 3.21. The molecule has 2 aromatic rings. The van der Waals surface area contributed by atoms with Crippen LogP contribution in [0.5, 0.6) is 0 Å². The fraction of sp³-hybridized carbons (Fsp3) is 0.364. The highest BCUT2D eigenvalue weighted by Gasteiger charge is 2.37. The van der Waals surface area contributed by atoms with Gasteiger partial charge in [0.15, 0.2) is 0 Å². The summed E-state index contributed by atoms with van der Waals surface area (Å²) in [5.41, 5.74) is 2.08. The lowest BCUT2D eigenvalue weighted by atomic mass is 9.94. The van der Waals surface area contributed by atoms with Crippen LogP contribution in [0.2, 0.25) is 10.0 Å². The van der Waals surface area contributed by atoms with Crippen LogP contribution in [0.1, 0.15) is 30.4 Å². The molecule has 7 nitrogen and oxygen atoms in total. The van der Waals surface area contributed by atoms with Gasteiger partial charge in [0.2, 0.25) is 21.8 Å². The van der Waals surface area contributed by atoms with Gasteiger partial charge in [-0.25, -0.2) is 8.42 Å². The molecule has 1 aliphatic carbocycles. The summed E-state index contributed by atoms with van der Waals surface area (Å²) in [5, 5.41) is 6.78. The molecule has 32 heavy (non-hydrogen) atoms. The number of halogens is 2. The summed E-state index contributed by atoms with van der Waals surface area (Å²) in [6.45, 7) is 0.585. The number of nitrogens with one attached hydrogen (secondary N) is 3. The van der Waals surface area contributed by atoms with E-state index < -0.39 is 10.0 Å². The first-order valence-electron chi connectivity index (χ1n) is 10.2. The van der Waals surface area contributed by atoms with E-state index in [4.69, 9.17) is 23.2 Å². The van der Waals surface area contributed by atoms with Crippen molar-refractivity contribution in [1.29, 1.82) is 0 Å². The first-order chi connectivity index (χ1) is 15.1. The maximum Gasteiger partial charge on any atom is 0.229 e. The molecule has 3 rings (SSSR count). The third-order valence-electron chi connectivity index (χ3n) is 5.30. The fourth-order valence-electron chi connectivity index (χ4n) is 3.85. The first-order valence-corrected chi connectivity index (χ1v) is 12.8. The quantitative estimate of drug-likeness (QED) is 0.516. The summed E-state index contributed by atoms with van der Waals surface area (Å²) in [6, 6.07) is 11.9. The summed E-state index contributed by atoms with van der Waals surface area (Å²) in [5.74, 6) is -1.09. The van der Waals surface area contributed by atoms with E-state index in [1.54, 1.807) is 42.5 Å². The van der Waals surface area contributed by atoms with Gasteiger partial charge in [0, 0.05) is 40.7 Å². The Kier molecular flexibility index (Phi) is 8.03. The van der Waals surface area contributed by atoms with Crippen LogP contribution in [0.4, 0.5) is 5.69 Å². The van der Waals surface area contributed by atoms with E-state index in [0.717, 1.165) is 23.8 Å². The molecule has 1 fully saturated rings. The lowest BCUT2D eigenvalue weighted by molar-refractivity contribution is -0.133. The Labute approximate surface area is 197 Å². The van der Waals surface area contributed by atoms with E-state index in [1.807, 2.05) is 0 Å². The molecular formula is C22H25Cl2N3O4S. The molecule has 0 unspecified atom stereocenters. The summed E-state index contributed by atoms with van der Waals surface area (Å²) in [7, 11) is -3.34. The Morgan fingerprint density at radius 1 is 0.875 bits per heavy atom. The second kappa shape index (κ2) is 10.6. The van der Waals surface area contributed by atoms with Gasteiger partial charge in [-0.2, -0.15) is 0 Å². The smallest absolute Gasteiger partial charge is 0.229 e. The average molecular weight is 498 g/mol. The van der Waals surface area contributed by atoms with Gasteiger partial charge < -0.3 is 10.6 Å². The van der Waals surface area contributed by atoms with Crippen LogP contribution in [0, 0.1) is 11.8 Å². The van der Waals surface area contributed by atoms with E-state index in [2.05, 4.69) is 15.4 Å². The molecule has 2 amide bonds. The van der Waals surface area contributed by atoms with Crippen molar-refractivity contribution < 1.29 is 18.0 Å². The van der Waals surface area contributed by atoms with E-state index >= 15 is 0 Å². The Hall–Kier alpha value is -2.29. The molecule has 0 heterocycles. The van der Waals surface area contributed by atoms with Gasteiger partial charge in [-0.1, -0.05) is 41.8 Å². The topological polar surface area (TPSA) is 104 Å². The standard InChI is InChI=1S/C22H25Cl2N3O4S/c1-32(30,31)27-18-7-5-14(6-8-18)12-25-21(28)19-3-2-4-20(19)22(29)26-13-15-9-16(23)11-17(24)10-15/h5-11,19-20,27H,2-4,12-13H2,1H3,(H,25,28)(H,26,29)/t19-,20-/m1/s1. The highest BCUT2D eigenvalue weighted by atomic mass is 35.5. The van der Waals surface area contributed by atoms with Crippen LogP contribution < -0.4 is 15.4 Å². The number of hydrogen-bond acceptors (Lipinski definition) is 4. The van der Waals surface area contributed by atoms with E-state index in [0.29, 0.717) is 35.1 Å². The van der Waals surface area contributed by atoms with Crippen molar-refractivity contribution in [3.05, 3.63) is 63.6 Å². The Morgan fingerprint density at radius 2 is 1.38 bits per heavy atom. The summed E-state index contributed by atoms with van der Waals surface area (Å²) in [4.78, 5) is 25.5. The molecular weight excluding hydrogens is 473 g/mol. The number of sulfonamides is 1. The minimum atomic E-state index is -3.34. The highest BCUT2D eigenvalue weighted by Crippen LogP contribution is 2.32. The SMILES string of the molecule is CS(=O)(=O)Nc1ccc(CNC(=O)[C@@H]2CCC[C@H]2C(=O)NCc2cc(Cl)cc(Cl)c2)cc1. The van der Waals surface area contributed by atoms with Crippen molar-refractivity contribution in [3.8, 4) is 0 Å². The minimum absolute atomic E-state index is 0.157. The van der Waals surface area contributed by atoms with Crippen LogP contribution in [-0.4, -0.2) is 26.5 Å². The minimum Gasteiger partial charge on any atom is -0.352 e. The highest BCUT2D eigenvalue weighted by molar-refractivity contribution is 7.92. The number of carbonyl (C=O) groups excluding carboxylic acids is 2. The number of benzene rings is 2. The van der Waals surface area contributed by atoms with Gasteiger partial charge in [0.1, 0.15) is 0 Å². The average Bonchev–Trinajstić information content (AvgIpc) is 3.19. The molecule has 2 atom stereocenters. The van der Waals surface area contributed by atoms with Crippen molar-refractivity contribution >= 4 is 50.7 Å². The summed E-state index contributed by atoms with van der Waals surface area (Å²) >= 11 is 12.0. The van der Waals surface area contributed by atoms with Crippen LogP contribution >= 0.6 is 23.2 Å². The molecule has 0 aromatic heterocycles. The van der Waals surface area contributed by atoms with Gasteiger partial charge in [-0.15, -0.1) is 0 Å². The lowest BCUT2D eigenvalue weighted by Crippen LogP contribution is -2.39. The summed E-state index contributed by atoms with van der Waals surface area (Å²) < 4.78 is 24.9. The van der Waals surface area contributed by atoms with E-state index in [1.165, 1.54) is 0 Å². The van der Waals surface area contributed by atoms with Gasteiger partial charge in [-0.05, 0) is 54.3 Å². The Bertz CT molecular complexity index is 1070. The van der Waals surface area contributed by atoms with Gasteiger partial charge >= 0.3 is 0 Å². The second-order valence-electron chi connectivity index (χ2n) is 7.93. The Morgan fingerprint density at radius 3 is 1.88 bits per heavy atom. The zero-order chi connectivity index (χ0) is 23.3. The van der Waals surface area contributed by atoms with E-state index in [-0.39, 0.29) is 30.2 Å². The molecule has 1 saturated carbocycles. The fourth-order valence-corrected chi connectivity index (χ4v) is 4.98. The molecule has 172 valence electrons. The monoisotopic (exact) mass is 497 g/mol. The predicted octanol–water partition coefficient (Wildman–Crippen LogP) is 3.71. The number of rotatable bonds is 8. The molecule has 2 aromatic carbocycles. The molecule has 3 N–H and O–H groups in total. The molecule has 0 aliphatic heterocycles. The molecule has 0 radical (unpaired) electrons. The van der Waals surface area contributed by atoms with Crippen LogP contribution in [0.25, 0.3) is 0 Å². The third kappa shape index (κ3) is 7.12. The van der Waals surface area contributed by atoms with Crippen LogP contribution in [0.15, 0.2) is 42.5 Å². The maximum atomic E-state index is 12.7. The number of carbonyl (C=O) groups is 2. The molecule has 0 saturated heterocycles. The van der Waals surface area contributed by atoms with Crippen LogP contribution in [-0.2, 0) is 32.7 Å². The van der Waals surface area contributed by atoms with Crippen molar-refractivity contribution in [2.75, 3.05) is 11.0 Å². The second-order valence-corrected chi connectivity index (χ2v) is 10.5. The largest absolute Gasteiger partial charge is 0.352 e. The van der Waals surface area contributed by atoms with Crippen molar-refractivity contribution in [2.45, 2.75) is 32.4 Å². The first kappa shape index (κ1) is 24.4. The number of amides is 2. The van der Waals surface area contributed by atoms with Crippen LogP contribution in [0.3, 0.4) is 0 Å². The molecule has 0 bridgehead atoms. The zero-order valence-electron chi connectivity index (χ0n) is 17.5. The van der Waals surface area contributed by atoms with Gasteiger partial charge in [0.25, 0.3) is 0 Å². The molecule has 0 spiro atoms. The normalized spacial score (nSPS) is 18.2. The van der Waals surface area contributed by atoms with Crippen molar-refractivity contribution in [2.24, 2.45) is 11.8 Å². The molecule has 1 aliphatic rings. The number of hydrogen-bond donors (Lipinski definition) is 3. The Balaban J connectivity index is 1.52. The predicted molar refractivity (Wildman–Crippen MR) is 126 cm³/mol. The van der Waals surface area contributed by atoms with Gasteiger partial charge in [-0.3, -0.25) is 14.3 Å². The third-order valence-corrected chi connectivity index (χ3v) is 6.35. The maximum absolute atomic E-state index is 12.7. The molecule has 10 heteroatoms.